The van der Waals surface area contributed by atoms with Crippen molar-refractivity contribution in [2.45, 2.75) is 6.42 Å². The van der Waals surface area contributed by atoms with Gasteiger partial charge in [0.2, 0.25) is 5.75 Å². The highest BCUT2D eigenvalue weighted by Crippen LogP contribution is 2.37. The highest BCUT2D eigenvalue weighted by atomic mass is 16.5. The number of aliphatic imine (C=N–C) groups is 1. The van der Waals surface area contributed by atoms with Gasteiger partial charge in [-0.25, -0.2) is 4.79 Å². The van der Waals surface area contributed by atoms with Gasteiger partial charge in [0.15, 0.2) is 11.5 Å². The molecule has 0 saturated carbocycles. The van der Waals surface area contributed by atoms with Crippen LogP contribution in [0.1, 0.15) is 5.56 Å². The van der Waals surface area contributed by atoms with Crippen molar-refractivity contribution in [3.8, 4) is 17.2 Å². The predicted octanol–water partition coefficient (Wildman–Crippen LogP) is 1.54. The zero-order valence-corrected chi connectivity index (χ0v) is 12.3. The Kier molecular flexibility index (Phi) is 4.45. The first-order valence-corrected chi connectivity index (χ1v) is 6.50. The van der Waals surface area contributed by atoms with Crippen LogP contribution in [0.25, 0.3) is 0 Å². The van der Waals surface area contributed by atoms with Gasteiger partial charge in [-0.05, 0) is 17.7 Å². The molecule has 7 nitrogen and oxygen atoms in total. The summed E-state index contributed by atoms with van der Waals surface area (Å²) in [6.45, 7) is 3.62. The summed E-state index contributed by atoms with van der Waals surface area (Å²) in [6, 6.07) is 2.53. The van der Waals surface area contributed by atoms with Crippen molar-refractivity contribution in [1.82, 2.24) is 4.90 Å². The van der Waals surface area contributed by atoms with Crippen LogP contribution in [0, 0.1) is 0 Å². The van der Waals surface area contributed by atoms with Crippen molar-refractivity contribution in [2.24, 2.45) is 4.99 Å². The highest BCUT2D eigenvalue weighted by Gasteiger charge is 2.32. The molecule has 0 aliphatic carbocycles. The van der Waals surface area contributed by atoms with Gasteiger partial charge in [0.25, 0.3) is 5.91 Å². The maximum atomic E-state index is 12.1. The number of ether oxygens (including phenoxy) is 2. The molecule has 0 atom stereocenters. The lowest BCUT2D eigenvalue weighted by atomic mass is 10.1. The van der Waals surface area contributed by atoms with Crippen molar-refractivity contribution in [3.63, 3.8) is 0 Å². The second kappa shape index (κ2) is 6.30. The quantitative estimate of drug-likeness (QED) is 0.805. The van der Waals surface area contributed by atoms with Gasteiger partial charge in [0.05, 0.1) is 14.2 Å². The van der Waals surface area contributed by atoms with Crippen LogP contribution in [-0.2, 0) is 11.2 Å². The van der Waals surface area contributed by atoms with Gasteiger partial charge in [0.1, 0.15) is 5.71 Å². The fraction of sp³-hybridized carbons (Fsp3) is 0.267. The third-order valence-corrected chi connectivity index (χ3v) is 3.18. The summed E-state index contributed by atoms with van der Waals surface area (Å²) in [4.78, 5) is 28.5. The molecule has 0 aromatic heterocycles. The van der Waals surface area contributed by atoms with Crippen molar-refractivity contribution in [1.29, 1.82) is 0 Å². The lowest BCUT2D eigenvalue weighted by Crippen LogP contribution is -2.33. The summed E-state index contributed by atoms with van der Waals surface area (Å²) in [6.07, 6.45) is 1.59. The average molecular weight is 304 g/mol. The number of imide groups is 1. The third-order valence-electron chi connectivity index (χ3n) is 3.18. The Hall–Kier alpha value is -2.83. The number of aromatic hydroxyl groups is 1. The molecule has 1 aliphatic rings. The Labute approximate surface area is 127 Å². The van der Waals surface area contributed by atoms with Crippen molar-refractivity contribution in [3.05, 3.63) is 30.4 Å². The molecule has 3 amide bonds. The number of phenolic OH excluding ortho intramolecular Hbond substituents is 1. The fourth-order valence-electron chi connectivity index (χ4n) is 2.11. The summed E-state index contributed by atoms with van der Waals surface area (Å²) in [7, 11) is 2.82. The second-order valence-electron chi connectivity index (χ2n) is 4.57. The molecule has 0 bridgehead atoms. The predicted molar refractivity (Wildman–Crippen MR) is 79.7 cm³/mol. The molecule has 1 heterocycles. The van der Waals surface area contributed by atoms with E-state index < -0.39 is 11.9 Å². The van der Waals surface area contributed by atoms with Crippen LogP contribution < -0.4 is 9.47 Å². The number of amides is 3. The summed E-state index contributed by atoms with van der Waals surface area (Å²) in [5.74, 6) is -0.141. The summed E-state index contributed by atoms with van der Waals surface area (Å²) in [5.41, 5.74) is 0.758. The number of carbonyl (C=O) groups is 2. The normalized spacial score (nSPS) is 14.1. The maximum absolute atomic E-state index is 12.1. The van der Waals surface area contributed by atoms with E-state index in [1.165, 1.54) is 20.3 Å². The third kappa shape index (κ3) is 2.78. The SMILES string of the molecule is C=CCN1C(=O)N=C(Cc2cc(OC)c(O)c(OC)c2)C1=O. The van der Waals surface area contributed by atoms with Gasteiger partial charge in [-0.2, -0.15) is 4.99 Å². The Balaban J connectivity index is 2.28. The molecule has 1 N–H and O–H groups in total. The fourth-order valence-corrected chi connectivity index (χ4v) is 2.11. The zero-order chi connectivity index (χ0) is 16.3. The second-order valence-corrected chi connectivity index (χ2v) is 4.57. The minimum atomic E-state index is -0.599. The van der Waals surface area contributed by atoms with E-state index in [-0.39, 0.29) is 35.9 Å². The molecule has 116 valence electrons. The first-order chi connectivity index (χ1) is 10.5. The largest absolute Gasteiger partial charge is 0.502 e. The lowest BCUT2D eigenvalue weighted by molar-refractivity contribution is -0.120. The van der Waals surface area contributed by atoms with E-state index in [9.17, 15) is 14.7 Å². The van der Waals surface area contributed by atoms with Crippen LogP contribution in [0.4, 0.5) is 4.79 Å². The number of hydrogen-bond donors (Lipinski definition) is 1. The van der Waals surface area contributed by atoms with Gasteiger partial charge in [-0.1, -0.05) is 6.08 Å². The number of urea groups is 1. The van der Waals surface area contributed by atoms with E-state index in [4.69, 9.17) is 9.47 Å². The number of phenols is 1. The van der Waals surface area contributed by atoms with E-state index in [2.05, 4.69) is 11.6 Å². The summed E-state index contributed by atoms with van der Waals surface area (Å²) in [5, 5.41) is 9.86. The molecule has 1 aromatic carbocycles. The number of methoxy groups -OCH3 is 2. The summed E-state index contributed by atoms with van der Waals surface area (Å²) < 4.78 is 10.1. The van der Waals surface area contributed by atoms with Gasteiger partial charge in [0, 0.05) is 13.0 Å². The van der Waals surface area contributed by atoms with Crippen LogP contribution in [-0.4, -0.2) is 48.4 Å². The molecule has 7 heteroatoms. The smallest absolute Gasteiger partial charge is 0.351 e. The Morgan fingerprint density at radius 2 is 1.86 bits per heavy atom. The Morgan fingerprint density at radius 3 is 2.36 bits per heavy atom. The highest BCUT2D eigenvalue weighted by molar-refractivity contribution is 6.46. The van der Waals surface area contributed by atoms with E-state index in [0.717, 1.165) is 4.90 Å². The van der Waals surface area contributed by atoms with Crippen LogP contribution in [0.15, 0.2) is 29.8 Å². The monoisotopic (exact) mass is 304 g/mol. The minimum Gasteiger partial charge on any atom is -0.502 e. The number of hydrogen-bond acceptors (Lipinski definition) is 5. The molecule has 22 heavy (non-hydrogen) atoms. The Bertz CT molecular complexity index is 641. The standard InChI is InChI=1S/C15H16N2O5/c1-4-5-17-14(19)10(16-15(17)20)6-9-7-11(21-2)13(18)12(8-9)22-3/h4,7-8,18H,1,5-6H2,2-3H3. The summed E-state index contributed by atoms with van der Waals surface area (Å²) >= 11 is 0. The first kappa shape index (κ1) is 15.6. The van der Waals surface area contributed by atoms with Crippen molar-refractivity contribution in [2.75, 3.05) is 20.8 Å². The molecule has 1 aliphatic heterocycles. The zero-order valence-electron chi connectivity index (χ0n) is 12.3. The molecule has 0 fully saturated rings. The first-order valence-electron chi connectivity index (χ1n) is 6.50. The van der Waals surface area contributed by atoms with Gasteiger partial charge in [-0.3, -0.25) is 9.69 Å². The molecular formula is C15H16N2O5. The lowest BCUT2D eigenvalue weighted by Gasteiger charge is -2.12. The number of rotatable bonds is 6. The minimum absolute atomic E-state index is 0.118. The molecule has 0 saturated heterocycles. The molecule has 0 unspecified atom stereocenters. The number of carbonyl (C=O) groups excluding carboxylic acids is 2. The molecule has 0 spiro atoms. The topological polar surface area (TPSA) is 88.4 Å². The maximum Gasteiger partial charge on any atom is 0.351 e. The Morgan fingerprint density at radius 1 is 1.27 bits per heavy atom. The van der Waals surface area contributed by atoms with Crippen molar-refractivity contribution < 1.29 is 24.2 Å². The van der Waals surface area contributed by atoms with Crippen LogP contribution in [0.2, 0.25) is 0 Å². The number of benzene rings is 1. The van der Waals surface area contributed by atoms with Gasteiger partial charge >= 0.3 is 6.03 Å². The van der Waals surface area contributed by atoms with Gasteiger partial charge < -0.3 is 14.6 Å². The van der Waals surface area contributed by atoms with E-state index in [0.29, 0.717) is 5.56 Å². The van der Waals surface area contributed by atoms with Crippen molar-refractivity contribution >= 4 is 17.6 Å². The molecule has 0 radical (unpaired) electrons. The van der Waals surface area contributed by atoms with Crippen LogP contribution >= 0.6 is 0 Å². The number of nitrogens with zero attached hydrogens (tertiary/aromatic N) is 2. The van der Waals surface area contributed by atoms with Crippen LogP contribution in [0.3, 0.4) is 0 Å². The molecule has 2 rings (SSSR count). The van der Waals surface area contributed by atoms with Gasteiger partial charge in [-0.15, -0.1) is 6.58 Å². The van der Waals surface area contributed by atoms with Crippen LogP contribution in [0.5, 0.6) is 17.2 Å². The molecular weight excluding hydrogens is 288 g/mol. The van der Waals surface area contributed by atoms with E-state index >= 15 is 0 Å². The van der Waals surface area contributed by atoms with E-state index in [1.807, 2.05) is 0 Å². The molecule has 1 aromatic rings. The average Bonchev–Trinajstić information content (AvgIpc) is 2.76. The van der Waals surface area contributed by atoms with E-state index in [1.54, 1.807) is 12.1 Å².